The summed E-state index contributed by atoms with van der Waals surface area (Å²) in [6.07, 6.45) is 1.61. The Morgan fingerprint density at radius 1 is 1.48 bits per heavy atom. The van der Waals surface area contributed by atoms with E-state index in [1.54, 1.807) is 6.26 Å². The number of rotatable bonds is 7. The second-order valence-electron chi connectivity index (χ2n) is 5.01. The Hall–Kier alpha value is -1.76. The Bertz CT molecular complexity index is 578. The van der Waals surface area contributed by atoms with E-state index in [0.717, 1.165) is 11.7 Å². The molecule has 2 rings (SSSR count). The molecule has 0 bridgehead atoms. The van der Waals surface area contributed by atoms with Gasteiger partial charge in [0.25, 0.3) is 0 Å². The van der Waals surface area contributed by atoms with Crippen LogP contribution in [-0.2, 0) is 11.3 Å². The highest BCUT2D eigenvalue weighted by Gasteiger charge is 2.16. The third-order valence-corrected chi connectivity index (χ3v) is 3.78. The predicted octanol–water partition coefficient (Wildman–Crippen LogP) is 2.42. The van der Waals surface area contributed by atoms with Crippen LogP contribution in [0.3, 0.4) is 0 Å². The van der Waals surface area contributed by atoms with Gasteiger partial charge in [0.05, 0.1) is 12.0 Å². The monoisotopic (exact) mass is 308 g/mol. The molecule has 0 aliphatic carbocycles. The molecule has 0 aliphatic rings. The van der Waals surface area contributed by atoms with Crippen LogP contribution in [0.25, 0.3) is 11.6 Å². The SMILES string of the molecule is CCn1c(SCC(=O)NCC(C)C)nnc1-c1ccco1. The fraction of sp³-hybridized carbons (Fsp3) is 0.500. The summed E-state index contributed by atoms with van der Waals surface area (Å²) >= 11 is 1.39. The lowest BCUT2D eigenvalue weighted by molar-refractivity contribution is -0.118. The number of carbonyl (C=O) groups is 1. The van der Waals surface area contributed by atoms with Crippen molar-refractivity contribution in [2.24, 2.45) is 5.92 Å². The molecule has 0 aromatic carbocycles. The summed E-state index contributed by atoms with van der Waals surface area (Å²) in [4.78, 5) is 11.7. The number of hydrogen-bond donors (Lipinski definition) is 1. The molecule has 2 aromatic heterocycles. The van der Waals surface area contributed by atoms with Crippen molar-refractivity contribution in [3.8, 4) is 11.6 Å². The molecular formula is C14H20N4O2S. The topological polar surface area (TPSA) is 73.0 Å². The lowest BCUT2D eigenvalue weighted by atomic mass is 10.2. The Labute approximate surface area is 128 Å². The van der Waals surface area contributed by atoms with Crippen LogP contribution in [0.2, 0.25) is 0 Å². The minimum atomic E-state index is 0.0129. The molecule has 0 saturated heterocycles. The summed E-state index contributed by atoms with van der Waals surface area (Å²) in [7, 11) is 0. The summed E-state index contributed by atoms with van der Waals surface area (Å²) in [6.45, 7) is 7.56. The highest BCUT2D eigenvalue weighted by Crippen LogP contribution is 2.23. The first-order valence-electron chi connectivity index (χ1n) is 6.98. The number of nitrogens with zero attached hydrogens (tertiary/aromatic N) is 3. The van der Waals surface area contributed by atoms with Crippen LogP contribution in [0.4, 0.5) is 0 Å². The highest BCUT2D eigenvalue weighted by atomic mass is 32.2. The Morgan fingerprint density at radius 2 is 2.29 bits per heavy atom. The van der Waals surface area contributed by atoms with Crippen molar-refractivity contribution in [2.45, 2.75) is 32.5 Å². The zero-order valence-corrected chi connectivity index (χ0v) is 13.3. The van der Waals surface area contributed by atoms with E-state index in [-0.39, 0.29) is 5.91 Å². The molecule has 0 radical (unpaired) electrons. The molecule has 0 unspecified atom stereocenters. The Kier molecular flexibility index (Phi) is 5.44. The molecule has 7 heteroatoms. The third kappa shape index (κ3) is 4.10. The molecule has 6 nitrogen and oxygen atoms in total. The molecular weight excluding hydrogens is 288 g/mol. The van der Waals surface area contributed by atoms with Gasteiger partial charge in [0, 0.05) is 13.1 Å². The zero-order chi connectivity index (χ0) is 15.2. The van der Waals surface area contributed by atoms with Crippen LogP contribution in [0.1, 0.15) is 20.8 Å². The van der Waals surface area contributed by atoms with Gasteiger partial charge in [-0.1, -0.05) is 25.6 Å². The van der Waals surface area contributed by atoms with Gasteiger partial charge >= 0.3 is 0 Å². The van der Waals surface area contributed by atoms with Crippen molar-refractivity contribution in [1.29, 1.82) is 0 Å². The van der Waals surface area contributed by atoms with E-state index in [2.05, 4.69) is 29.4 Å². The molecule has 0 aliphatic heterocycles. The molecule has 21 heavy (non-hydrogen) atoms. The molecule has 2 heterocycles. The van der Waals surface area contributed by atoms with E-state index < -0.39 is 0 Å². The minimum Gasteiger partial charge on any atom is -0.461 e. The van der Waals surface area contributed by atoms with Gasteiger partial charge in [0.1, 0.15) is 0 Å². The molecule has 114 valence electrons. The van der Waals surface area contributed by atoms with Gasteiger partial charge in [-0.05, 0) is 25.0 Å². The maximum Gasteiger partial charge on any atom is 0.230 e. The van der Waals surface area contributed by atoms with E-state index in [4.69, 9.17) is 4.42 Å². The van der Waals surface area contributed by atoms with Crippen LogP contribution in [0.5, 0.6) is 0 Å². The van der Waals surface area contributed by atoms with Gasteiger partial charge in [-0.2, -0.15) is 0 Å². The third-order valence-electron chi connectivity index (χ3n) is 2.81. The average molecular weight is 308 g/mol. The second kappa shape index (κ2) is 7.31. The van der Waals surface area contributed by atoms with Gasteiger partial charge in [-0.25, -0.2) is 0 Å². The van der Waals surface area contributed by atoms with E-state index in [1.165, 1.54) is 11.8 Å². The van der Waals surface area contributed by atoms with Gasteiger partial charge in [0.15, 0.2) is 16.7 Å². The molecule has 0 fully saturated rings. The maximum absolute atomic E-state index is 11.7. The van der Waals surface area contributed by atoms with Crippen molar-refractivity contribution >= 4 is 17.7 Å². The highest BCUT2D eigenvalue weighted by molar-refractivity contribution is 7.99. The van der Waals surface area contributed by atoms with E-state index in [0.29, 0.717) is 29.8 Å². The largest absolute Gasteiger partial charge is 0.461 e. The van der Waals surface area contributed by atoms with E-state index in [9.17, 15) is 4.79 Å². The van der Waals surface area contributed by atoms with Crippen molar-refractivity contribution in [3.63, 3.8) is 0 Å². The number of furan rings is 1. The summed E-state index contributed by atoms with van der Waals surface area (Å²) in [5.41, 5.74) is 0. The Morgan fingerprint density at radius 3 is 2.90 bits per heavy atom. The lowest BCUT2D eigenvalue weighted by Gasteiger charge is -2.08. The molecule has 0 atom stereocenters. The summed E-state index contributed by atoms with van der Waals surface area (Å²) in [5, 5.41) is 11.9. The van der Waals surface area contributed by atoms with Crippen LogP contribution in [0, 0.1) is 5.92 Å². The molecule has 2 aromatic rings. The van der Waals surface area contributed by atoms with Crippen LogP contribution in [0.15, 0.2) is 28.0 Å². The van der Waals surface area contributed by atoms with Gasteiger partial charge < -0.3 is 9.73 Å². The van der Waals surface area contributed by atoms with Crippen LogP contribution >= 0.6 is 11.8 Å². The minimum absolute atomic E-state index is 0.0129. The van der Waals surface area contributed by atoms with Gasteiger partial charge in [-0.3, -0.25) is 9.36 Å². The van der Waals surface area contributed by atoms with Crippen LogP contribution in [-0.4, -0.2) is 33.0 Å². The normalized spacial score (nSPS) is 11.0. The average Bonchev–Trinajstić information content (AvgIpc) is 3.10. The summed E-state index contributed by atoms with van der Waals surface area (Å²) in [6, 6.07) is 3.66. The molecule has 0 spiro atoms. The number of thioether (sulfide) groups is 1. The molecule has 1 N–H and O–H groups in total. The second-order valence-corrected chi connectivity index (χ2v) is 5.96. The molecule has 0 saturated carbocycles. The number of carbonyl (C=O) groups excluding carboxylic acids is 1. The number of nitrogens with one attached hydrogen (secondary N) is 1. The Balaban J connectivity index is 1.99. The van der Waals surface area contributed by atoms with E-state index in [1.807, 2.05) is 23.6 Å². The van der Waals surface area contributed by atoms with Crippen molar-refractivity contribution < 1.29 is 9.21 Å². The molecule has 1 amide bonds. The standard InChI is InChI=1S/C14H20N4O2S/c1-4-18-13(11-6-5-7-20-11)16-17-14(18)21-9-12(19)15-8-10(2)3/h5-7,10H,4,8-9H2,1-3H3,(H,15,19). The first-order chi connectivity index (χ1) is 10.1. The predicted molar refractivity (Wildman–Crippen MR) is 82.0 cm³/mol. The van der Waals surface area contributed by atoms with E-state index >= 15 is 0 Å². The quantitative estimate of drug-likeness (QED) is 0.795. The van der Waals surface area contributed by atoms with Crippen molar-refractivity contribution in [2.75, 3.05) is 12.3 Å². The smallest absolute Gasteiger partial charge is 0.230 e. The summed E-state index contributed by atoms with van der Waals surface area (Å²) < 4.78 is 7.30. The number of aromatic nitrogens is 3. The first kappa shape index (κ1) is 15.6. The van der Waals surface area contributed by atoms with Gasteiger partial charge in [0.2, 0.25) is 5.91 Å². The number of hydrogen-bond acceptors (Lipinski definition) is 5. The summed E-state index contributed by atoms with van der Waals surface area (Å²) in [5.74, 6) is 2.17. The van der Waals surface area contributed by atoms with Crippen molar-refractivity contribution in [1.82, 2.24) is 20.1 Å². The van der Waals surface area contributed by atoms with Crippen molar-refractivity contribution in [3.05, 3.63) is 18.4 Å². The van der Waals surface area contributed by atoms with Crippen LogP contribution < -0.4 is 5.32 Å². The maximum atomic E-state index is 11.7. The number of amides is 1. The first-order valence-corrected chi connectivity index (χ1v) is 7.97. The fourth-order valence-electron chi connectivity index (χ4n) is 1.77. The fourth-order valence-corrected chi connectivity index (χ4v) is 2.60. The lowest BCUT2D eigenvalue weighted by Crippen LogP contribution is -2.28. The zero-order valence-electron chi connectivity index (χ0n) is 12.5. The van der Waals surface area contributed by atoms with Gasteiger partial charge in [-0.15, -0.1) is 10.2 Å².